The van der Waals surface area contributed by atoms with Gasteiger partial charge >= 0.3 is 11.9 Å². The third kappa shape index (κ3) is 8.68. The van der Waals surface area contributed by atoms with E-state index in [-0.39, 0.29) is 13.2 Å². The zero-order valence-corrected chi connectivity index (χ0v) is 18.7. The van der Waals surface area contributed by atoms with Gasteiger partial charge in [0, 0.05) is 6.42 Å². The molecule has 2 aromatic rings. The second-order valence-corrected chi connectivity index (χ2v) is 7.89. The maximum Gasteiger partial charge on any atom is 0.344 e. The van der Waals surface area contributed by atoms with Gasteiger partial charge in [0.1, 0.15) is 17.1 Å². The second-order valence-electron chi connectivity index (χ2n) is 7.89. The van der Waals surface area contributed by atoms with E-state index in [4.69, 9.17) is 23.7 Å². The molecular formula is C24H30O7. The predicted octanol–water partition coefficient (Wildman–Crippen LogP) is 3.72. The summed E-state index contributed by atoms with van der Waals surface area (Å²) in [6.45, 7) is 5.49. The molecule has 0 saturated heterocycles. The normalized spacial score (nSPS) is 12.0. The molecule has 0 aliphatic rings. The molecule has 0 N–H and O–H groups in total. The minimum atomic E-state index is -0.749. The van der Waals surface area contributed by atoms with Gasteiger partial charge in [0.05, 0.1) is 20.8 Å². The number of ether oxygens (including phenoxy) is 5. The van der Waals surface area contributed by atoms with E-state index in [1.165, 1.54) is 7.11 Å². The molecule has 0 aromatic heterocycles. The molecule has 0 saturated carbocycles. The second kappa shape index (κ2) is 11.4. The first-order valence-corrected chi connectivity index (χ1v) is 9.96. The Morgan fingerprint density at radius 2 is 1.45 bits per heavy atom. The lowest BCUT2D eigenvalue weighted by Crippen LogP contribution is -2.28. The first kappa shape index (κ1) is 24.2. The molecule has 0 aliphatic heterocycles. The summed E-state index contributed by atoms with van der Waals surface area (Å²) in [7, 11) is 2.94. The molecule has 1 atom stereocenters. The standard InChI is InChI=1S/C24H30O7/c1-24(2,3)31-22(25)16-29-20-12-6-17(7-13-20)14-21(23(26)28-5)30-15-18-8-10-19(27-4)11-9-18/h6-13,21H,14-16H2,1-5H3. The summed E-state index contributed by atoms with van der Waals surface area (Å²) in [6.07, 6.45) is -0.407. The van der Waals surface area contributed by atoms with E-state index >= 15 is 0 Å². The van der Waals surface area contributed by atoms with E-state index in [0.717, 1.165) is 16.9 Å². The van der Waals surface area contributed by atoms with E-state index < -0.39 is 23.6 Å². The monoisotopic (exact) mass is 430 g/mol. The predicted molar refractivity (Wildman–Crippen MR) is 115 cm³/mol. The Hall–Kier alpha value is -3.06. The number of carbonyl (C=O) groups is 2. The Balaban J connectivity index is 1.91. The highest BCUT2D eigenvalue weighted by Gasteiger charge is 2.21. The van der Waals surface area contributed by atoms with Crippen molar-refractivity contribution in [3.8, 4) is 11.5 Å². The average Bonchev–Trinajstić information content (AvgIpc) is 2.74. The third-order valence-electron chi connectivity index (χ3n) is 4.20. The third-order valence-corrected chi connectivity index (χ3v) is 4.20. The molecule has 0 fully saturated rings. The van der Waals surface area contributed by atoms with Gasteiger partial charge in [0.15, 0.2) is 12.7 Å². The highest BCUT2D eigenvalue weighted by atomic mass is 16.6. The summed E-state index contributed by atoms with van der Waals surface area (Å²) in [4.78, 5) is 23.9. The van der Waals surface area contributed by atoms with Crippen LogP contribution in [0.25, 0.3) is 0 Å². The van der Waals surface area contributed by atoms with Crippen LogP contribution in [-0.2, 0) is 36.8 Å². The van der Waals surface area contributed by atoms with Crippen LogP contribution in [0.4, 0.5) is 0 Å². The number of hydrogen-bond acceptors (Lipinski definition) is 7. The molecule has 0 bridgehead atoms. The van der Waals surface area contributed by atoms with Crippen molar-refractivity contribution < 1.29 is 33.3 Å². The van der Waals surface area contributed by atoms with Crippen molar-refractivity contribution in [1.82, 2.24) is 0 Å². The van der Waals surface area contributed by atoms with Gasteiger partial charge in [0.2, 0.25) is 0 Å². The molecular weight excluding hydrogens is 400 g/mol. The highest BCUT2D eigenvalue weighted by Crippen LogP contribution is 2.17. The smallest absolute Gasteiger partial charge is 0.344 e. The fourth-order valence-corrected chi connectivity index (χ4v) is 2.71. The number of hydrogen-bond donors (Lipinski definition) is 0. The molecule has 0 heterocycles. The molecule has 2 aromatic carbocycles. The molecule has 1 unspecified atom stereocenters. The quantitative estimate of drug-likeness (QED) is 0.532. The largest absolute Gasteiger partial charge is 0.497 e. The fraction of sp³-hybridized carbons (Fsp3) is 0.417. The van der Waals surface area contributed by atoms with Gasteiger partial charge in [-0.3, -0.25) is 0 Å². The summed E-state index contributed by atoms with van der Waals surface area (Å²) in [5.41, 5.74) is 1.23. The molecule has 168 valence electrons. The molecule has 7 heteroatoms. The lowest BCUT2D eigenvalue weighted by Gasteiger charge is -2.19. The van der Waals surface area contributed by atoms with Gasteiger partial charge in [-0.2, -0.15) is 0 Å². The van der Waals surface area contributed by atoms with Gasteiger partial charge in [0.25, 0.3) is 0 Å². The molecule has 2 rings (SSSR count). The van der Waals surface area contributed by atoms with Crippen molar-refractivity contribution in [1.29, 1.82) is 0 Å². The zero-order valence-electron chi connectivity index (χ0n) is 18.7. The minimum absolute atomic E-state index is 0.174. The van der Waals surface area contributed by atoms with Crippen LogP contribution in [0.2, 0.25) is 0 Å². The Bertz CT molecular complexity index is 836. The maximum absolute atomic E-state index is 12.2. The minimum Gasteiger partial charge on any atom is -0.497 e. The van der Waals surface area contributed by atoms with Crippen molar-refractivity contribution in [3.63, 3.8) is 0 Å². The Labute approximate surface area is 183 Å². The number of rotatable bonds is 10. The molecule has 0 aliphatic carbocycles. The van der Waals surface area contributed by atoms with Crippen LogP contribution >= 0.6 is 0 Å². The van der Waals surface area contributed by atoms with Crippen molar-refractivity contribution in [2.24, 2.45) is 0 Å². The van der Waals surface area contributed by atoms with Crippen LogP contribution in [0.1, 0.15) is 31.9 Å². The van der Waals surface area contributed by atoms with E-state index in [0.29, 0.717) is 12.2 Å². The number of carbonyl (C=O) groups excluding carboxylic acids is 2. The van der Waals surface area contributed by atoms with Crippen molar-refractivity contribution in [2.45, 2.75) is 45.5 Å². The van der Waals surface area contributed by atoms with E-state index in [1.54, 1.807) is 40.0 Å². The van der Waals surface area contributed by atoms with Crippen molar-refractivity contribution in [2.75, 3.05) is 20.8 Å². The maximum atomic E-state index is 12.2. The SMILES string of the molecule is COC(=O)C(Cc1ccc(OCC(=O)OC(C)(C)C)cc1)OCc1ccc(OC)cc1. The fourth-order valence-electron chi connectivity index (χ4n) is 2.71. The van der Waals surface area contributed by atoms with E-state index in [9.17, 15) is 9.59 Å². The zero-order chi connectivity index (χ0) is 22.9. The molecule has 0 radical (unpaired) electrons. The van der Waals surface area contributed by atoms with Crippen LogP contribution in [0.5, 0.6) is 11.5 Å². The van der Waals surface area contributed by atoms with Gasteiger partial charge in [-0.1, -0.05) is 24.3 Å². The lowest BCUT2D eigenvalue weighted by atomic mass is 10.1. The van der Waals surface area contributed by atoms with Crippen LogP contribution < -0.4 is 9.47 Å². The number of benzene rings is 2. The van der Waals surface area contributed by atoms with E-state index in [1.807, 2.05) is 36.4 Å². The van der Waals surface area contributed by atoms with Crippen molar-refractivity contribution >= 4 is 11.9 Å². The number of methoxy groups -OCH3 is 2. The van der Waals surface area contributed by atoms with Crippen LogP contribution in [0.15, 0.2) is 48.5 Å². The summed E-state index contributed by atoms with van der Waals surface area (Å²) in [6, 6.07) is 14.5. The first-order chi connectivity index (χ1) is 14.7. The van der Waals surface area contributed by atoms with Crippen LogP contribution in [0, 0.1) is 0 Å². The molecule has 0 spiro atoms. The summed E-state index contributed by atoms with van der Waals surface area (Å²) < 4.78 is 26.5. The van der Waals surface area contributed by atoms with Crippen LogP contribution in [0.3, 0.4) is 0 Å². The Morgan fingerprint density at radius 1 is 0.871 bits per heavy atom. The molecule has 0 amide bonds. The van der Waals surface area contributed by atoms with Gasteiger partial charge in [-0.05, 0) is 56.2 Å². The van der Waals surface area contributed by atoms with Gasteiger partial charge < -0.3 is 23.7 Å². The van der Waals surface area contributed by atoms with Gasteiger partial charge in [-0.15, -0.1) is 0 Å². The number of esters is 2. The van der Waals surface area contributed by atoms with Gasteiger partial charge in [-0.25, -0.2) is 9.59 Å². The molecule has 7 nitrogen and oxygen atoms in total. The first-order valence-electron chi connectivity index (χ1n) is 9.96. The summed E-state index contributed by atoms with van der Waals surface area (Å²) in [5, 5.41) is 0. The average molecular weight is 430 g/mol. The summed E-state index contributed by atoms with van der Waals surface area (Å²) >= 11 is 0. The topological polar surface area (TPSA) is 80.3 Å². The Morgan fingerprint density at radius 3 is 2.00 bits per heavy atom. The van der Waals surface area contributed by atoms with Crippen LogP contribution in [-0.4, -0.2) is 44.5 Å². The van der Waals surface area contributed by atoms with E-state index in [2.05, 4.69) is 0 Å². The molecule has 31 heavy (non-hydrogen) atoms. The summed E-state index contributed by atoms with van der Waals surface area (Å²) in [5.74, 6) is 0.402. The van der Waals surface area contributed by atoms with Crippen molar-refractivity contribution in [3.05, 3.63) is 59.7 Å². The Kier molecular flexibility index (Phi) is 8.88. The lowest BCUT2D eigenvalue weighted by molar-refractivity contribution is -0.157. The highest BCUT2D eigenvalue weighted by molar-refractivity contribution is 5.75.